The van der Waals surface area contributed by atoms with E-state index >= 15 is 0 Å². The number of halogens is 2. The standard InChI is InChI=1S/C33H28Cl2N4O4S/c1-43-32(41)23-9-7-22(8-10-23)16-18-44-25-12-14-29-26(20-25)30(31(40)39(29)17-15-21-5-3-2-4-6-21)37-38-33(42)36-24-11-13-27(34)28(35)19-24/h2-14,19-20,40H,15-18H2,1H3,(H,36,42). The third-order valence-corrected chi connectivity index (χ3v) is 8.63. The molecule has 44 heavy (non-hydrogen) atoms. The first-order chi connectivity index (χ1) is 21.3. The Morgan fingerprint density at radius 3 is 2.39 bits per heavy atom. The summed E-state index contributed by atoms with van der Waals surface area (Å²) in [4.78, 5) is 25.3. The molecule has 8 nitrogen and oxygen atoms in total. The van der Waals surface area contributed by atoms with E-state index in [1.54, 1.807) is 40.6 Å². The van der Waals surface area contributed by atoms with Gasteiger partial charge in [0.2, 0.25) is 5.88 Å². The van der Waals surface area contributed by atoms with Crippen LogP contribution in [0.3, 0.4) is 0 Å². The summed E-state index contributed by atoms with van der Waals surface area (Å²) in [6, 6.07) is 27.2. The molecular weight excluding hydrogens is 619 g/mol. The number of thioether (sulfide) groups is 1. The zero-order valence-electron chi connectivity index (χ0n) is 23.7. The maximum absolute atomic E-state index is 12.6. The van der Waals surface area contributed by atoms with Crippen LogP contribution in [0.1, 0.15) is 21.5 Å². The molecule has 224 valence electrons. The van der Waals surface area contributed by atoms with E-state index < -0.39 is 6.03 Å². The average molecular weight is 648 g/mol. The minimum atomic E-state index is -0.725. The number of nitrogens with one attached hydrogen (secondary N) is 1. The average Bonchev–Trinajstić information content (AvgIpc) is 3.30. The van der Waals surface area contributed by atoms with E-state index in [1.807, 2.05) is 60.7 Å². The Hall–Kier alpha value is -4.31. The monoisotopic (exact) mass is 646 g/mol. The number of fused-ring (bicyclic) bond motifs is 1. The van der Waals surface area contributed by atoms with Gasteiger partial charge >= 0.3 is 12.0 Å². The Morgan fingerprint density at radius 2 is 1.66 bits per heavy atom. The van der Waals surface area contributed by atoms with E-state index in [9.17, 15) is 14.7 Å². The number of azo groups is 1. The highest BCUT2D eigenvalue weighted by atomic mass is 35.5. The zero-order valence-corrected chi connectivity index (χ0v) is 26.0. The van der Waals surface area contributed by atoms with Crippen molar-refractivity contribution in [3.8, 4) is 5.88 Å². The molecule has 5 aromatic rings. The number of esters is 1. The molecule has 1 heterocycles. The molecule has 4 aromatic carbocycles. The van der Waals surface area contributed by atoms with Crippen molar-refractivity contribution in [2.24, 2.45) is 10.2 Å². The highest BCUT2D eigenvalue weighted by molar-refractivity contribution is 7.99. The molecule has 2 N–H and O–H groups in total. The van der Waals surface area contributed by atoms with Gasteiger partial charge < -0.3 is 19.7 Å². The maximum atomic E-state index is 12.6. The van der Waals surface area contributed by atoms with Gasteiger partial charge in [-0.15, -0.1) is 16.9 Å². The zero-order chi connectivity index (χ0) is 31.1. The van der Waals surface area contributed by atoms with Gasteiger partial charge in [0.15, 0.2) is 5.69 Å². The number of ether oxygens (including phenoxy) is 1. The lowest BCUT2D eigenvalue weighted by Gasteiger charge is -2.08. The fraction of sp³-hybridized carbons (Fsp3) is 0.152. The Morgan fingerprint density at radius 1 is 0.909 bits per heavy atom. The largest absolute Gasteiger partial charge is 0.493 e. The molecule has 0 aliphatic carbocycles. The summed E-state index contributed by atoms with van der Waals surface area (Å²) in [5, 5.41) is 23.2. The van der Waals surface area contributed by atoms with Crippen LogP contribution in [0.2, 0.25) is 10.0 Å². The van der Waals surface area contributed by atoms with Crippen LogP contribution in [0.4, 0.5) is 16.2 Å². The number of aryl methyl sites for hydroxylation is 3. The lowest BCUT2D eigenvalue weighted by atomic mass is 10.1. The second-order valence-electron chi connectivity index (χ2n) is 9.78. The molecule has 0 radical (unpaired) electrons. The van der Waals surface area contributed by atoms with Gasteiger partial charge in [0.25, 0.3) is 0 Å². The van der Waals surface area contributed by atoms with Gasteiger partial charge in [-0.05, 0) is 72.5 Å². The molecule has 0 unspecified atom stereocenters. The van der Waals surface area contributed by atoms with Gasteiger partial charge in [0.05, 0.1) is 28.2 Å². The molecule has 0 atom stereocenters. The van der Waals surface area contributed by atoms with Crippen LogP contribution in [0, 0.1) is 0 Å². The third kappa shape index (κ3) is 7.60. The van der Waals surface area contributed by atoms with E-state index in [-0.39, 0.29) is 17.5 Å². The van der Waals surface area contributed by atoms with Gasteiger partial charge in [-0.2, -0.15) is 0 Å². The van der Waals surface area contributed by atoms with Crippen LogP contribution in [-0.4, -0.2) is 34.5 Å². The lowest BCUT2D eigenvalue weighted by molar-refractivity contribution is 0.0600. The van der Waals surface area contributed by atoms with E-state index in [0.29, 0.717) is 39.6 Å². The summed E-state index contributed by atoms with van der Waals surface area (Å²) in [6.45, 7) is 0.505. The number of nitrogens with zero attached hydrogens (tertiary/aromatic N) is 3. The maximum Gasteiger partial charge on any atom is 0.364 e. The van der Waals surface area contributed by atoms with Crippen molar-refractivity contribution < 1.29 is 19.4 Å². The third-order valence-electron chi connectivity index (χ3n) is 6.89. The number of hydrogen-bond donors (Lipinski definition) is 2. The van der Waals surface area contributed by atoms with Crippen molar-refractivity contribution in [2.75, 3.05) is 18.2 Å². The number of methoxy groups -OCH3 is 1. The Bertz CT molecular complexity index is 1830. The van der Waals surface area contributed by atoms with Gasteiger partial charge in [-0.25, -0.2) is 9.59 Å². The summed E-state index contributed by atoms with van der Waals surface area (Å²) in [5.74, 6) is 0.347. The van der Waals surface area contributed by atoms with Crippen LogP contribution < -0.4 is 5.32 Å². The first-order valence-corrected chi connectivity index (χ1v) is 15.4. The van der Waals surface area contributed by atoms with Crippen molar-refractivity contribution in [1.29, 1.82) is 0 Å². The summed E-state index contributed by atoms with van der Waals surface area (Å²) < 4.78 is 6.55. The SMILES string of the molecule is COC(=O)c1ccc(CCSc2ccc3c(c2)c(N=NC(=O)Nc2ccc(Cl)c(Cl)c2)c(O)n3CCc2ccccc2)cc1. The van der Waals surface area contributed by atoms with E-state index in [0.717, 1.165) is 33.7 Å². The van der Waals surface area contributed by atoms with Crippen molar-refractivity contribution in [2.45, 2.75) is 24.3 Å². The fourth-order valence-corrected chi connectivity index (χ4v) is 5.87. The minimum absolute atomic E-state index is 0.0742. The second-order valence-corrected chi connectivity index (χ2v) is 11.8. The summed E-state index contributed by atoms with van der Waals surface area (Å²) in [6.07, 6.45) is 1.48. The van der Waals surface area contributed by atoms with Gasteiger partial charge in [0.1, 0.15) is 0 Å². The van der Waals surface area contributed by atoms with Crippen LogP contribution in [0.25, 0.3) is 10.9 Å². The van der Waals surface area contributed by atoms with Crippen LogP contribution >= 0.6 is 35.0 Å². The number of aromatic nitrogens is 1. The molecular formula is C33H28Cl2N4O4S. The number of carbonyl (C=O) groups excluding carboxylic acids is 2. The summed E-state index contributed by atoms with van der Waals surface area (Å²) in [7, 11) is 1.36. The van der Waals surface area contributed by atoms with Crippen LogP contribution in [-0.2, 0) is 24.1 Å². The number of amides is 2. The number of benzene rings is 4. The Kier molecular flexibility index (Phi) is 10.2. The van der Waals surface area contributed by atoms with Gasteiger partial charge in [-0.3, -0.25) is 0 Å². The highest BCUT2D eigenvalue weighted by Crippen LogP contribution is 2.41. The highest BCUT2D eigenvalue weighted by Gasteiger charge is 2.18. The smallest absolute Gasteiger partial charge is 0.364 e. The number of aromatic hydroxyl groups is 1. The Balaban J connectivity index is 1.36. The van der Waals surface area contributed by atoms with E-state index in [2.05, 4.69) is 15.5 Å². The molecule has 5 rings (SSSR count). The van der Waals surface area contributed by atoms with Gasteiger partial charge in [-0.1, -0.05) is 70.8 Å². The minimum Gasteiger partial charge on any atom is -0.493 e. The van der Waals surface area contributed by atoms with Gasteiger partial charge in [0, 0.05) is 28.3 Å². The first-order valence-electron chi connectivity index (χ1n) is 13.7. The normalized spacial score (nSPS) is 11.2. The summed E-state index contributed by atoms with van der Waals surface area (Å²) in [5.41, 5.74) is 4.14. The molecule has 0 saturated carbocycles. The van der Waals surface area contributed by atoms with Crippen LogP contribution in [0.5, 0.6) is 5.88 Å². The van der Waals surface area contributed by atoms with Crippen molar-refractivity contribution in [1.82, 2.24) is 4.57 Å². The quantitative estimate of drug-likeness (QED) is 0.0893. The Labute approximate surface area is 268 Å². The molecule has 11 heteroatoms. The van der Waals surface area contributed by atoms with Crippen molar-refractivity contribution >= 4 is 69.2 Å². The number of rotatable bonds is 10. The molecule has 0 fully saturated rings. The van der Waals surface area contributed by atoms with E-state index in [1.165, 1.54) is 13.2 Å². The fourth-order valence-electron chi connectivity index (χ4n) is 4.63. The molecule has 1 aromatic heterocycles. The second kappa shape index (κ2) is 14.4. The molecule has 0 spiro atoms. The molecule has 0 saturated heterocycles. The van der Waals surface area contributed by atoms with E-state index in [4.69, 9.17) is 27.9 Å². The predicted molar refractivity (Wildman–Crippen MR) is 176 cm³/mol. The van der Waals surface area contributed by atoms with Crippen LogP contribution in [0.15, 0.2) is 106 Å². The number of carbonyl (C=O) groups is 2. The lowest BCUT2D eigenvalue weighted by Crippen LogP contribution is -2.05. The molecule has 2 amide bonds. The van der Waals surface area contributed by atoms with Crippen molar-refractivity contribution in [3.05, 3.63) is 118 Å². The number of anilines is 1. The molecule has 0 aliphatic rings. The molecule has 0 bridgehead atoms. The predicted octanol–water partition coefficient (Wildman–Crippen LogP) is 9.33. The summed E-state index contributed by atoms with van der Waals surface area (Å²) >= 11 is 13.7. The molecule has 0 aliphatic heterocycles. The van der Waals surface area contributed by atoms with Crippen molar-refractivity contribution in [3.63, 3.8) is 0 Å². The first kappa shape index (κ1) is 31.1. The topological polar surface area (TPSA) is 105 Å². The number of hydrogen-bond acceptors (Lipinski definition) is 6. The number of urea groups is 1.